The number of anilines is 1. The Hall–Kier alpha value is -2.34. The summed E-state index contributed by atoms with van der Waals surface area (Å²) in [5.41, 5.74) is 0.00101. The van der Waals surface area contributed by atoms with E-state index in [4.69, 9.17) is 16.7 Å². The normalized spacial score (nSPS) is 10.4. The fourth-order valence-corrected chi connectivity index (χ4v) is 2.14. The first-order valence-corrected chi connectivity index (χ1v) is 6.50. The van der Waals surface area contributed by atoms with Crippen molar-refractivity contribution in [1.29, 1.82) is 0 Å². The van der Waals surface area contributed by atoms with Gasteiger partial charge < -0.3 is 15.0 Å². The Bertz CT molecular complexity index is 712. The minimum atomic E-state index is -1.33. The zero-order valence-electron chi connectivity index (χ0n) is 11.1. The van der Waals surface area contributed by atoms with Crippen molar-refractivity contribution >= 4 is 29.2 Å². The molecule has 0 saturated heterocycles. The van der Waals surface area contributed by atoms with E-state index in [0.29, 0.717) is 17.3 Å². The molecular weight excluding hydrogens is 299 g/mol. The van der Waals surface area contributed by atoms with E-state index in [9.17, 15) is 14.0 Å². The Morgan fingerprint density at radius 2 is 2.10 bits per heavy atom. The maximum Gasteiger partial charge on any atom is 0.337 e. The van der Waals surface area contributed by atoms with Crippen LogP contribution in [0.1, 0.15) is 27.8 Å². The first-order valence-electron chi connectivity index (χ1n) is 6.12. The molecule has 1 amide bonds. The molecule has 2 N–H and O–H groups in total. The largest absolute Gasteiger partial charge is 0.478 e. The van der Waals surface area contributed by atoms with E-state index in [-0.39, 0.29) is 11.3 Å². The van der Waals surface area contributed by atoms with Crippen molar-refractivity contribution in [3.8, 4) is 0 Å². The Labute approximate surface area is 125 Å². The quantitative estimate of drug-likeness (QED) is 0.910. The van der Waals surface area contributed by atoms with Crippen molar-refractivity contribution in [2.75, 3.05) is 5.32 Å². The van der Waals surface area contributed by atoms with Crippen molar-refractivity contribution in [3.05, 3.63) is 52.6 Å². The summed E-state index contributed by atoms with van der Waals surface area (Å²) in [4.78, 5) is 23.3. The highest BCUT2D eigenvalue weighted by Crippen LogP contribution is 2.20. The number of aromatic carboxylic acids is 1. The SMILES string of the molecule is CCn1cc(Cl)cc1C(=O)Nc1ccc(F)cc1C(=O)O. The number of nitrogens with zero attached hydrogens (tertiary/aromatic N) is 1. The number of carbonyl (C=O) groups excluding carboxylic acids is 1. The van der Waals surface area contributed by atoms with Gasteiger partial charge in [-0.15, -0.1) is 0 Å². The van der Waals surface area contributed by atoms with E-state index >= 15 is 0 Å². The molecular formula is C14H12ClFN2O3. The third-order valence-corrected chi connectivity index (χ3v) is 3.10. The molecule has 2 rings (SSSR count). The number of carbonyl (C=O) groups is 2. The third kappa shape index (κ3) is 3.22. The molecule has 7 heteroatoms. The smallest absolute Gasteiger partial charge is 0.337 e. The highest BCUT2D eigenvalue weighted by atomic mass is 35.5. The van der Waals surface area contributed by atoms with Gasteiger partial charge in [-0.25, -0.2) is 9.18 Å². The van der Waals surface area contributed by atoms with Crippen molar-refractivity contribution in [3.63, 3.8) is 0 Å². The van der Waals surface area contributed by atoms with Gasteiger partial charge in [0.1, 0.15) is 11.5 Å². The van der Waals surface area contributed by atoms with Crippen molar-refractivity contribution in [1.82, 2.24) is 4.57 Å². The highest BCUT2D eigenvalue weighted by molar-refractivity contribution is 6.31. The second-order valence-corrected chi connectivity index (χ2v) is 4.72. The highest BCUT2D eigenvalue weighted by Gasteiger charge is 2.17. The van der Waals surface area contributed by atoms with Crippen LogP contribution in [0.4, 0.5) is 10.1 Å². The number of halogens is 2. The molecule has 0 aliphatic rings. The van der Waals surface area contributed by atoms with Gasteiger partial charge in [-0.1, -0.05) is 11.6 Å². The predicted octanol–water partition coefficient (Wildman–Crippen LogP) is 3.25. The lowest BCUT2D eigenvalue weighted by Gasteiger charge is -2.10. The van der Waals surface area contributed by atoms with E-state index < -0.39 is 17.7 Å². The third-order valence-electron chi connectivity index (χ3n) is 2.90. The van der Waals surface area contributed by atoms with E-state index in [1.54, 1.807) is 10.8 Å². The second-order valence-electron chi connectivity index (χ2n) is 4.28. The summed E-state index contributed by atoms with van der Waals surface area (Å²) in [5, 5.41) is 11.9. The van der Waals surface area contributed by atoms with Crippen LogP contribution < -0.4 is 5.32 Å². The number of aromatic nitrogens is 1. The Morgan fingerprint density at radius 1 is 1.38 bits per heavy atom. The average Bonchev–Trinajstić information content (AvgIpc) is 2.81. The van der Waals surface area contributed by atoms with E-state index in [1.165, 1.54) is 12.1 Å². The number of hydrogen-bond donors (Lipinski definition) is 2. The predicted molar refractivity (Wildman–Crippen MR) is 76.4 cm³/mol. The van der Waals surface area contributed by atoms with E-state index in [0.717, 1.165) is 12.1 Å². The van der Waals surface area contributed by atoms with Gasteiger partial charge >= 0.3 is 5.97 Å². The monoisotopic (exact) mass is 310 g/mol. The standard InChI is InChI=1S/C14H12ClFN2O3/c1-2-18-7-8(15)5-12(18)13(19)17-11-4-3-9(16)6-10(11)14(20)21/h3-7H,2H2,1H3,(H,17,19)(H,20,21). The molecule has 21 heavy (non-hydrogen) atoms. The average molecular weight is 311 g/mol. The number of nitrogens with one attached hydrogen (secondary N) is 1. The van der Waals surface area contributed by atoms with Crippen LogP contribution in [0.5, 0.6) is 0 Å². The van der Waals surface area contributed by atoms with Crippen LogP contribution in [-0.2, 0) is 6.54 Å². The molecule has 0 spiro atoms. The molecule has 0 atom stereocenters. The van der Waals surface area contributed by atoms with Gasteiger partial charge in [-0.2, -0.15) is 0 Å². The Kier molecular flexibility index (Phi) is 4.28. The van der Waals surface area contributed by atoms with Crippen LogP contribution in [0.15, 0.2) is 30.5 Å². The minimum Gasteiger partial charge on any atom is -0.478 e. The molecule has 2 aromatic rings. The van der Waals surface area contributed by atoms with Crippen LogP contribution in [0.2, 0.25) is 5.02 Å². The van der Waals surface area contributed by atoms with E-state index in [2.05, 4.69) is 5.32 Å². The zero-order valence-corrected chi connectivity index (χ0v) is 11.8. The number of rotatable bonds is 4. The fourth-order valence-electron chi connectivity index (χ4n) is 1.92. The summed E-state index contributed by atoms with van der Waals surface area (Å²) < 4.78 is 14.7. The minimum absolute atomic E-state index is 0.0221. The lowest BCUT2D eigenvalue weighted by molar-refractivity contribution is 0.0697. The van der Waals surface area contributed by atoms with Crippen LogP contribution in [-0.4, -0.2) is 21.6 Å². The fraction of sp³-hybridized carbons (Fsp3) is 0.143. The van der Waals surface area contributed by atoms with Gasteiger partial charge in [0.2, 0.25) is 0 Å². The van der Waals surface area contributed by atoms with Gasteiger partial charge in [0, 0.05) is 12.7 Å². The van der Waals surface area contributed by atoms with Crippen molar-refractivity contribution in [2.24, 2.45) is 0 Å². The molecule has 0 unspecified atom stereocenters. The lowest BCUT2D eigenvalue weighted by Crippen LogP contribution is -2.18. The van der Waals surface area contributed by atoms with Gasteiger partial charge in [0.25, 0.3) is 5.91 Å². The van der Waals surface area contributed by atoms with Crippen molar-refractivity contribution in [2.45, 2.75) is 13.5 Å². The number of amides is 1. The molecule has 0 aliphatic heterocycles. The molecule has 0 aliphatic carbocycles. The van der Waals surface area contributed by atoms with Crippen LogP contribution in [0, 0.1) is 5.82 Å². The maximum absolute atomic E-state index is 13.1. The molecule has 1 aromatic heterocycles. The molecule has 0 saturated carbocycles. The van der Waals surface area contributed by atoms with Crippen LogP contribution >= 0.6 is 11.6 Å². The zero-order chi connectivity index (χ0) is 15.6. The summed E-state index contributed by atoms with van der Waals surface area (Å²) in [6, 6.07) is 4.61. The summed E-state index contributed by atoms with van der Waals surface area (Å²) in [5.74, 6) is -2.53. The summed E-state index contributed by atoms with van der Waals surface area (Å²) in [6.45, 7) is 2.37. The van der Waals surface area contributed by atoms with Crippen LogP contribution in [0.25, 0.3) is 0 Å². The molecule has 0 radical (unpaired) electrons. The molecule has 1 aromatic carbocycles. The van der Waals surface area contributed by atoms with E-state index in [1.807, 2.05) is 6.92 Å². The molecule has 0 bridgehead atoms. The van der Waals surface area contributed by atoms with Gasteiger partial charge in [0.05, 0.1) is 16.3 Å². The molecule has 5 nitrogen and oxygen atoms in total. The van der Waals surface area contributed by atoms with Gasteiger partial charge in [-0.05, 0) is 31.2 Å². The Morgan fingerprint density at radius 3 is 2.71 bits per heavy atom. The number of aryl methyl sites for hydroxylation is 1. The number of hydrogen-bond acceptors (Lipinski definition) is 2. The van der Waals surface area contributed by atoms with Gasteiger partial charge in [-0.3, -0.25) is 4.79 Å². The summed E-state index contributed by atoms with van der Waals surface area (Å²) >= 11 is 5.85. The summed E-state index contributed by atoms with van der Waals surface area (Å²) in [7, 11) is 0. The molecule has 1 heterocycles. The first-order chi connectivity index (χ1) is 9.92. The van der Waals surface area contributed by atoms with Crippen molar-refractivity contribution < 1.29 is 19.1 Å². The molecule has 110 valence electrons. The lowest BCUT2D eigenvalue weighted by atomic mass is 10.1. The number of carboxylic acid groups (broad SMARTS) is 1. The first kappa shape index (κ1) is 15.1. The van der Waals surface area contributed by atoms with Gasteiger partial charge in [0.15, 0.2) is 0 Å². The number of carboxylic acids is 1. The Balaban J connectivity index is 2.33. The van der Waals surface area contributed by atoms with Crippen LogP contribution in [0.3, 0.4) is 0 Å². The summed E-state index contributed by atoms with van der Waals surface area (Å²) in [6.07, 6.45) is 1.60. The second kappa shape index (κ2) is 5.97. The topological polar surface area (TPSA) is 71.3 Å². The maximum atomic E-state index is 13.1. The number of benzene rings is 1. The molecule has 0 fully saturated rings.